The first-order chi connectivity index (χ1) is 10.0. The molecule has 0 fully saturated rings. The molecule has 1 aromatic carbocycles. The minimum Gasteiger partial charge on any atom is -0.480 e. The Morgan fingerprint density at radius 2 is 2.05 bits per heavy atom. The first kappa shape index (κ1) is 13.7. The van der Waals surface area contributed by atoms with Gasteiger partial charge in [0.05, 0.1) is 12.7 Å². The highest BCUT2D eigenvalue weighted by Gasteiger charge is 2.18. The summed E-state index contributed by atoms with van der Waals surface area (Å²) in [4.78, 5) is 22.6. The summed E-state index contributed by atoms with van der Waals surface area (Å²) in [6.45, 7) is 1.45. The van der Waals surface area contributed by atoms with E-state index in [0.29, 0.717) is 0 Å². The quantitative estimate of drug-likeness (QED) is 0.902. The maximum absolute atomic E-state index is 11.9. The van der Waals surface area contributed by atoms with Crippen LogP contribution in [0.15, 0.2) is 22.8 Å². The predicted molar refractivity (Wildman–Crippen MR) is 77.2 cm³/mol. The van der Waals surface area contributed by atoms with Gasteiger partial charge in [-0.15, -0.1) is 0 Å². The van der Waals surface area contributed by atoms with Crippen LogP contribution in [0.4, 0.5) is 0 Å². The molecule has 2 N–H and O–H groups in total. The molecule has 3 rings (SSSR count). The third kappa shape index (κ3) is 2.63. The standard InChI is InChI=1S/C16H17NO4/c1-9(16(19)20)17-15(18)7-12-8-21-14-6-11-4-2-3-10(11)5-13(12)14/h5-6,8-9H,2-4,7H2,1H3,(H,17,18)(H,19,20)/t9-/m1/s1. The number of fused-ring (bicyclic) bond motifs is 2. The number of nitrogens with one attached hydrogen (secondary N) is 1. The fraction of sp³-hybridized carbons (Fsp3) is 0.375. The zero-order valence-corrected chi connectivity index (χ0v) is 11.8. The normalized spacial score (nSPS) is 14.9. The van der Waals surface area contributed by atoms with Crippen LogP contribution >= 0.6 is 0 Å². The Morgan fingerprint density at radius 3 is 2.76 bits per heavy atom. The van der Waals surface area contributed by atoms with Crippen molar-refractivity contribution in [3.05, 3.63) is 35.1 Å². The molecule has 0 aliphatic heterocycles. The molecule has 110 valence electrons. The zero-order chi connectivity index (χ0) is 15.0. The summed E-state index contributed by atoms with van der Waals surface area (Å²) in [5.41, 5.74) is 4.25. The fourth-order valence-electron chi connectivity index (χ4n) is 2.81. The SMILES string of the molecule is C[C@@H](NC(=O)Cc1coc2cc3c(cc12)CCC3)C(=O)O. The molecule has 1 aliphatic carbocycles. The second kappa shape index (κ2) is 5.24. The lowest BCUT2D eigenvalue weighted by Gasteiger charge is -2.08. The van der Waals surface area contributed by atoms with Crippen molar-refractivity contribution >= 4 is 22.8 Å². The van der Waals surface area contributed by atoms with Crippen LogP contribution in [0, 0.1) is 0 Å². The lowest BCUT2D eigenvalue weighted by molar-refractivity contribution is -0.141. The number of hydrogen-bond donors (Lipinski definition) is 2. The molecule has 1 atom stereocenters. The number of carboxylic acid groups (broad SMARTS) is 1. The second-order valence-electron chi connectivity index (χ2n) is 5.54. The number of carbonyl (C=O) groups is 2. The van der Waals surface area contributed by atoms with Crippen LogP contribution in [0.5, 0.6) is 0 Å². The highest BCUT2D eigenvalue weighted by atomic mass is 16.4. The van der Waals surface area contributed by atoms with E-state index in [0.717, 1.165) is 35.8 Å². The Bertz CT molecular complexity index is 716. The summed E-state index contributed by atoms with van der Waals surface area (Å²) in [6.07, 6.45) is 5.03. The van der Waals surface area contributed by atoms with E-state index in [1.807, 2.05) is 0 Å². The first-order valence-electron chi connectivity index (χ1n) is 7.08. The van der Waals surface area contributed by atoms with E-state index in [-0.39, 0.29) is 12.3 Å². The highest BCUT2D eigenvalue weighted by Crippen LogP contribution is 2.30. The van der Waals surface area contributed by atoms with Crippen molar-refractivity contribution in [1.29, 1.82) is 0 Å². The van der Waals surface area contributed by atoms with Gasteiger partial charge in [-0.3, -0.25) is 9.59 Å². The molecule has 0 radical (unpaired) electrons. The van der Waals surface area contributed by atoms with Crippen molar-refractivity contribution in [1.82, 2.24) is 5.32 Å². The van der Waals surface area contributed by atoms with Crippen LogP contribution in [0.25, 0.3) is 11.0 Å². The van der Waals surface area contributed by atoms with E-state index in [1.165, 1.54) is 18.1 Å². The molecule has 1 aromatic heterocycles. The molecule has 0 saturated carbocycles. The van der Waals surface area contributed by atoms with Gasteiger partial charge in [-0.25, -0.2) is 0 Å². The van der Waals surface area contributed by atoms with Crippen molar-refractivity contribution in [2.45, 2.75) is 38.6 Å². The number of amides is 1. The topological polar surface area (TPSA) is 79.5 Å². The summed E-state index contributed by atoms with van der Waals surface area (Å²) in [5, 5.41) is 12.2. The molecule has 0 bridgehead atoms. The average Bonchev–Trinajstić information content (AvgIpc) is 3.03. The summed E-state index contributed by atoms with van der Waals surface area (Å²) < 4.78 is 5.53. The van der Waals surface area contributed by atoms with Crippen molar-refractivity contribution in [3.8, 4) is 0 Å². The molecule has 1 aliphatic rings. The second-order valence-corrected chi connectivity index (χ2v) is 5.54. The van der Waals surface area contributed by atoms with Crippen LogP contribution in [-0.4, -0.2) is 23.0 Å². The molecule has 21 heavy (non-hydrogen) atoms. The molecular weight excluding hydrogens is 270 g/mol. The molecular formula is C16H17NO4. The molecule has 5 nitrogen and oxygen atoms in total. The van der Waals surface area contributed by atoms with Gasteiger partial charge in [0, 0.05) is 10.9 Å². The van der Waals surface area contributed by atoms with Crippen molar-refractivity contribution in [3.63, 3.8) is 0 Å². The average molecular weight is 287 g/mol. The predicted octanol–water partition coefficient (Wildman–Crippen LogP) is 2.05. The molecule has 2 aromatic rings. The van der Waals surface area contributed by atoms with Crippen LogP contribution in [0.2, 0.25) is 0 Å². The monoisotopic (exact) mass is 287 g/mol. The van der Waals surface area contributed by atoms with E-state index in [4.69, 9.17) is 9.52 Å². The Morgan fingerprint density at radius 1 is 1.33 bits per heavy atom. The van der Waals surface area contributed by atoms with Crippen molar-refractivity contribution in [2.75, 3.05) is 0 Å². The van der Waals surface area contributed by atoms with Crippen molar-refractivity contribution in [2.24, 2.45) is 0 Å². The van der Waals surface area contributed by atoms with Crippen LogP contribution in [0.1, 0.15) is 30.0 Å². The van der Waals surface area contributed by atoms with Crippen LogP contribution in [-0.2, 0) is 28.9 Å². The summed E-state index contributed by atoms with van der Waals surface area (Å²) in [7, 11) is 0. The minimum atomic E-state index is -1.04. The van der Waals surface area contributed by atoms with E-state index in [1.54, 1.807) is 6.26 Å². The Labute approximate surface area is 121 Å². The van der Waals surface area contributed by atoms with Gasteiger partial charge in [-0.1, -0.05) is 0 Å². The fourth-order valence-corrected chi connectivity index (χ4v) is 2.81. The van der Waals surface area contributed by atoms with Gasteiger partial charge in [0.1, 0.15) is 11.6 Å². The van der Waals surface area contributed by atoms with Crippen LogP contribution < -0.4 is 5.32 Å². The minimum absolute atomic E-state index is 0.128. The number of carbonyl (C=O) groups excluding carboxylic acids is 1. The van der Waals surface area contributed by atoms with Gasteiger partial charge in [-0.2, -0.15) is 0 Å². The number of furan rings is 1. The third-order valence-corrected chi connectivity index (χ3v) is 3.97. The largest absolute Gasteiger partial charge is 0.480 e. The zero-order valence-electron chi connectivity index (χ0n) is 11.8. The van der Waals surface area contributed by atoms with E-state index in [2.05, 4.69) is 17.4 Å². The smallest absolute Gasteiger partial charge is 0.325 e. The lowest BCUT2D eigenvalue weighted by atomic mass is 10.0. The summed E-state index contributed by atoms with van der Waals surface area (Å²) in [5.74, 6) is -1.36. The Hall–Kier alpha value is -2.30. The maximum Gasteiger partial charge on any atom is 0.325 e. The van der Waals surface area contributed by atoms with E-state index < -0.39 is 12.0 Å². The van der Waals surface area contributed by atoms with Crippen molar-refractivity contribution < 1.29 is 19.1 Å². The Balaban J connectivity index is 1.81. The Kier molecular flexibility index (Phi) is 3.41. The number of aliphatic carboxylic acids is 1. The summed E-state index contributed by atoms with van der Waals surface area (Å²) in [6, 6.07) is 3.27. The summed E-state index contributed by atoms with van der Waals surface area (Å²) >= 11 is 0. The first-order valence-corrected chi connectivity index (χ1v) is 7.08. The third-order valence-electron chi connectivity index (χ3n) is 3.97. The van der Waals surface area contributed by atoms with Gasteiger partial charge in [0.25, 0.3) is 0 Å². The highest BCUT2D eigenvalue weighted by molar-refractivity contribution is 5.90. The van der Waals surface area contributed by atoms with Gasteiger partial charge in [-0.05, 0) is 49.4 Å². The molecule has 0 unspecified atom stereocenters. The molecule has 5 heteroatoms. The van der Waals surface area contributed by atoms with Crippen LogP contribution in [0.3, 0.4) is 0 Å². The molecule has 1 heterocycles. The number of hydrogen-bond acceptors (Lipinski definition) is 3. The van der Waals surface area contributed by atoms with Gasteiger partial charge in [0.2, 0.25) is 5.91 Å². The maximum atomic E-state index is 11.9. The number of rotatable bonds is 4. The molecule has 0 spiro atoms. The molecule has 0 saturated heterocycles. The number of carboxylic acids is 1. The van der Waals surface area contributed by atoms with Gasteiger partial charge >= 0.3 is 5.97 Å². The van der Waals surface area contributed by atoms with E-state index in [9.17, 15) is 9.59 Å². The number of benzene rings is 1. The molecule has 1 amide bonds. The van der Waals surface area contributed by atoms with Gasteiger partial charge < -0.3 is 14.8 Å². The van der Waals surface area contributed by atoms with Gasteiger partial charge in [0.15, 0.2) is 0 Å². The number of aryl methyl sites for hydroxylation is 2. The lowest BCUT2D eigenvalue weighted by Crippen LogP contribution is -2.39. The van der Waals surface area contributed by atoms with E-state index >= 15 is 0 Å².